The number of H-pyrrole nitrogens is 1. The van der Waals surface area contributed by atoms with Crippen LogP contribution in [0.4, 0.5) is 0 Å². The van der Waals surface area contributed by atoms with E-state index >= 15 is 0 Å². The van der Waals surface area contributed by atoms with Crippen LogP contribution in [0.15, 0.2) is 73.1 Å². The summed E-state index contributed by atoms with van der Waals surface area (Å²) in [5, 5.41) is 0. The van der Waals surface area contributed by atoms with Gasteiger partial charge >= 0.3 is 0 Å². The normalized spacial score (nSPS) is 13.8. The molecule has 0 aliphatic heterocycles. The van der Waals surface area contributed by atoms with Crippen molar-refractivity contribution >= 4 is 0 Å². The number of nitrogens with zero attached hydrogens (tertiary/aromatic N) is 1. The maximum absolute atomic E-state index is 3.76. The number of hydrogen-bond donors (Lipinski definition) is 1. The average Bonchev–Trinajstić information content (AvgIpc) is 3.43. The van der Waals surface area contributed by atoms with Gasteiger partial charge in [0.2, 0.25) is 0 Å². The summed E-state index contributed by atoms with van der Waals surface area (Å²) in [5.41, 5.74) is 2.89. The van der Waals surface area contributed by atoms with E-state index < -0.39 is 0 Å². The van der Waals surface area contributed by atoms with Crippen molar-refractivity contribution < 1.29 is 4.57 Å². The van der Waals surface area contributed by atoms with Gasteiger partial charge in [-0.05, 0) is 36.8 Å². The van der Waals surface area contributed by atoms with Crippen LogP contribution in [0, 0.1) is 0 Å². The molecule has 0 fully saturated rings. The number of aryl methyl sites for hydroxylation is 1. The molecule has 0 aliphatic carbocycles. The monoisotopic (exact) mass is 529 g/mol. The summed E-state index contributed by atoms with van der Waals surface area (Å²) in [7, 11) is 0. The lowest BCUT2D eigenvalue weighted by molar-refractivity contribution is -0.705. The van der Waals surface area contributed by atoms with Gasteiger partial charge < -0.3 is 0 Å². The van der Waals surface area contributed by atoms with Gasteiger partial charge in [0.15, 0.2) is 0 Å². The van der Waals surface area contributed by atoms with Crippen LogP contribution >= 0.6 is 0 Å². The van der Waals surface area contributed by atoms with E-state index in [0.29, 0.717) is 5.92 Å². The summed E-state index contributed by atoms with van der Waals surface area (Å²) in [6.07, 6.45) is 25.8. The third-order valence-corrected chi connectivity index (χ3v) is 8.84. The molecule has 0 amide bonds. The summed E-state index contributed by atoms with van der Waals surface area (Å²) in [6, 6.07) is 22.4. The predicted octanol–water partition coefficient (Wildman–Crippen LogP) is 10.5. The molecule has 0 radical (unpaired) electrons. The molecule has 2 nitrogen and oxygen atoms in total. The second-order valence-electron chi connectivity index (χ2n) is 12.1. The van der Waals surface area contributed by atoms with E-state index in [1.807, 2.05) is 0 Å². The molecule has 2 atom stereocenters. The molecule has 0 saturated carbocycles. The fraction of sp³-hybridized carbons (Fsp3) is 0.595. The highest BCUT2D eigenvalue weighted by Gasteiger charge is 2.41. The molecule has 214 valence electrons. The molecule has 2 unspecified atom stereocenters. The van der Waals surface area contributed by atoms with Gasteiger partial charge in [0, 0.05) is 5.41 Å². The van der Waals surface area contributed by atoms with Crippen molar-refractivity contribution in [2.24, 2.45) is 0 Å². The first-order valence-electron chi connectivity index (χ1n) is 16.3. The zero-order valence-electron chi connectivity index (χ0n) is 25.5. The first-order valence-corrected chi connectivity index (χ1v) is 16.3. The predicted molar refractivity (Wildman–Crippen MR) is 168 cm³/mol. The zero-order chi connectivity index (χ0) is 27.6. The van der Waals surface area contributed by atoms with E-state index in [0.717, 1.165) is 13.0 Å². The summed E-state index contributed by atoms with van der Waals surface area (Å²) in [4.78, 5) is 3.76. The lowest BCUT2D eigenvalue weighted by atomic mass is 9.66. The van der Waals surface area contributed by atoms with E-state index in [9.17, 15) is 0 Å². The Labute approximate surface area is 240 Å². The van der Waals surface area contributed by atoms with Gasteiger partial charge in [0.05, 0.1) is 12.5 Å². The van der Waals surface area contributed by atoms with Gasteiger partial charge in [-0.1, -0.05) is 158 Å². The second kappa shape index (κ2) is 18.1. The van der Waals surface area contributed by atoms with Crippen LogP contribution in [-0.4, -0.2) is 4.98 Å². The van der Waals surface area contributed by atoms with Crippen LogP contribution in [0.2, 0.25) is 0 Å². The van der Waals surface area contributed by atoms with Crippen molar-refractivity contribution in [2.75, 3.05) is 0 Å². The smallest absolute Gasteiger partial charge is 0.247 e. The Hall–Kier alpha value is -2.35. The molecule has 1 heterocycles. The Bertz CT molecular complexity index is 993. The maximum Gasteiger partial charge on any atom is 0.258 e. The van der Waals surface area contributed by atoms with Crippen LogP contribution in [0.1, 0.15) is 140 Å². The molecular formula is C37H57N2+. The molecule has 0 aliphatic rings. The summed E-state index contributed by atoms with van der Waals surface area (Å²) >= 11 is 0. The third-order valence-electron chi connectivity index (χ3n) is 8.84. The van der Waals surface area contributed by atoms with Gasteiger partial charge in [-0.2, -0.15) is 0 Å². The minimum atomic E-state index is 0.0131. The van der Waals surface area contributed by atoms with E-state index in [1.54, 1.807) is 0 Å². The van der Waals surface area contributed by atoms with Crippen molar-refractivity contribution in [3.63, 3.8) is 0 Å². The molecule has 3 aromatic rings. The average molecular weight is 530 g/mol. The van der Waals surface area contributed by atoms with Crippen molar-refractivity contribution in [3.05, 3.63) is 90.0 Å². The Kier molecular flexibility index (Phi) is 14.5. The molecule has 39 heavy (non-hydrogen) atoms. The molecular weight excluding hydrogens is 472 g/mol. The molecule has 1 aromatic heterocycles. The van der Waals surface area contributed by atoms with Crippen molar-refractivity contribution in [2.45, 2.75) is 141 Å². The molecule has 1 N–H and O–H groups in total. The van der Waals surface area contributed by atoms with E-state index in [-0.39, 0.29) is 5.41 Å². The van der Waals surface area contributed by atoms with E-state index in [4.69, 9.17) is 0 Å². The SMILES string of the molecule is CCCCCCCCCCCC[n+]1cc[nH]c1C(CCCCCC)C(C)(Cc1ccccc1)c1ccccc1. The maximum atomic E-state index is 3.76. The van der Waals surface area contributed by atoms with Gasteiger partial charge in [-0.25, -0.2) is 9.55 Å². The quantitative estimate of drug-likeness (QED) is 0.105. The van der Waals surface area contributed by atoms with Crippen LogP contribution in [-0.2, 0) is 18.4 Å². The van der Waals surface area contributed by atoms with Gasteiger partial charge in [-0.3, -0.25) is 0 Å². The molecule has 0 bridgehead atoms. The second-order valence-corrected chi connectivity index (χ2v) is 12.1. The van der Waals surface area contributed by atoms with Crippen LogP contribution < -0.4 is 4.57 Å². The standard InChI is InChI=1S/C37H56N2/c1-4-6-8-10-11-12-13-14-15-23-30-39-31-29-38-36(39)35(28-22-9-7-5-2)37(3,34-26-20-17-21-27-34)32-33-24-18-16-19-25-33/h16-21,24-27,29,31,35H,4-15,22-23,28,30,32H2,1-3H3/p+1. The molecule has 3 rings (SSSR count). The van der Waals surface area contributed by atoms with Gasteiger partial charge in [-0.15, -0.1) is 0 Å². The number of benzene rings is 2. The minimum Gasteiger partial charge on any atom is -0.247 e. The Morgan fingerprint density at radius 3 is 1.82 bits per heavy atom. The fourth-order valence-electron chi connectivity index (χ4n) is 6.44. The number of aromatic amines is 1. The highest BCUT2D eigenvalue weighted by atomic mass is 15.1. The Morgan fingerprint density at radius 2 is 1.21 bits per heavy atom. The highest BCUT2D eigenvalue weighted by molar-refractivity contribution is 5.32. The van der Waals surface area contributed by atoms with Gasteiger partial charge in [0.1, 0.15) is 12.4 Å². The lowest BCUT2D eigenvalue weighted by Crippen LogP contribution is -2.43. The largest absolute Gasteiger partial charge is 0.258 e. The van der Waals surface area contributed by atoms with Crippen molar-refractivity contribution in [1.29, 1.82) is 0 Å². The number of hydrogen-bond acceptors (Lipinski definition) is 0. The first kappa shape index (κ1) is 31.2. The van der Waals surface area contributed by atoms with E-state index in [1.165, 1.54) is 113 Å². The number of aromatic nitrogens is 2. The highest BCUT2D eigenvalue weighted by Crippen LogP contribution is 2.43. The molecule has 2 aromatic carbocycles. The number of imidazole rings is 1. The topological polar surface area (TPSA) is 19.7 Å². The lowest BCUT2D eigenvalue weighted by Gasteiger charge is -2.37. The first-order chi connectivity index (χ1) is 19.2. The van der Waals surface area contributed by atoms with Crippen LogP contribution in [0.3, 0.4) is 0 Å². The molecule has 2 heteroatoms. The zero-order valence-corrected chi connectivity index (χ0v) is 25.5. The summed E-state index contributed by atoms with van der Waals surface area (Å²) in [6.45, 7) is 8.25. The van der Waals surface area contributed by atoms with Crippen molar-refractivity contribution in [1.82, 2.24) is 4.98 Å². The Balaban J connectivity index is 1.72. The number of rotatable bonds is 21. The van der Waals surface area contributed by atoms with E-state index in [2.05, 4.69) is 103 Å². The number of unbranched alkanes of at least 4 members (excludes halogenated alkanes) is 12. The Morgan fingerprint density at radius 1 is 0.667 bits per heavy atom. The molecule has 0 spiro atoms. The van der Waals surface area contributed by atoms with Crippen molar-refractivity contribution in [3.8, 4) is 0 Å². The molecule has 0 saturated heterocycles. The minimum absolute atomic E-state index is 0.0131. The van der Waals surface area contributed by atoms with Crippen LogP contribution in [0.25, 0.3) is 0 Å². The summed E-state index contributed by atoms with van der Waals surface area (Å²) in [5.74, 6) is 1.86. The third kappa shape index (κ3) is 10.3. The van der Waals surface area contributed by atoms with Crippen LogP contribution in [0.5, 0.6) is 0 Å². The van der Waals surface area contributed by atoms with Gasteiger partial charge in [0.25, 0.3) is 5.82 Å². The summed E-state index contributed by atoms with van der Waals surface area (Å²) < 4.78 is 2.56. The fourth-order valence-corrected chi connectivity index (χ4v) is 6.44. The number of nitrogens with one attached hydrogen (secondary N) is 1.